The van der Waals surface area contributed by atoms with E-state index < -0.39 is 0 Å². The Kier molecular flexibility index (Phi) is 4.55. The summed E-state index contributed by atoms with van der Waals surface area (Å²) in [6, 6.07) is 5.16. The van der Waals surface area contributed by atoms with Gasteiger partial charge in [0.2, 0.25) is 0 Å². The topological polar surface area (TPSA) is 54.0 Å². The first-order valence-electron chi connectivity index (χ1n) is 5.81. The molecule has 0 fully saturated rings. The lowest BCUT2D eigenvalue weighted by Gasteiger charge is -2.18. The summed E-state index contributed by atoms with van der Waals surface area (Å²) in [7, 11) is 1.59. The Balaban J connectivity index is 1.94. The van der Waals surface area contributed by atoms with Crippen molar-refractivity contribution in [2.24, 2.45) is 0 Å². The van der Waals surface area contributed by atoms with Gasteiger partial charge in [-0.3, -0.25) is 4.79 Å². The van der Waals surface area contributed by atoms with E-state index in [0.717, 1.165) is 0 Å². The molecule has 1 aliphatic rings. The minimum Gasteiger partial charge on any atom is -0.486 e. The molecule has 0 bridgehead atoms. The third-order valence-corrected chi connectivity index (χ3v) is 2.53. The van der Waals surface area contributed by atoms with Crippen LogP contribution in [0.4, 0.5) is 0 Å². The Morgan fingerprint density at radius 3 is 2.78 bits per heavy atom. The molecule has 0 amide bonds. The molecule has 2 rings (SSSR count). The van der Waals surface area contributed by atoms with E-state index in [4.69, 9.17) is 18.9 Å². The van der Waals surface area contributed by atoms with Crippen molar-refractivity contribution in [1.82, 2.24) is 0 Å². The molecule has 0 spiro atoms. The van der Waals surface area contributed by atoms with E-state index in [1.807, 2.05) is 0 Å². The molecule has 18 heavy (non-hydrogen) atoms. The molecule has 1 aromatic carbocycles. The summed E-state index contributed by atoms with van der Waals surface area (Å²) in [5.74, 6) is 1.21. The molecule has 0 radical (unpaired) electrons. The number of methoxy groups -OCH3 is 1. The van der Waals surface area contributed by atoms with Crippen LogP contribution in [0.3, 0.4) is 0 Å². The fourth-order valence-electron chi connectivity index (χ4n) is 1.61. The smallest absolute Gasteiger partial charge is 0.188 e. The van der Waals surface area contributed by atoms with Crippen molar-refractivity contribution >= 4 is 5.78 Å². The highest BCUT2D eigenvalue weighted by molar-refractivity contribution is 5.97. The number of Topliss-reactive ketones (excluding diaryl/α,β-unsaturated/α-hetero) is 1. The van der Waals surface area contributed by atoms with Gasteiger partial charge in [0.15, 0.2) is 17.3 Å². The first-order chi connectivity index (χ1) is 8.81. The van der Waals surface area contributed by atoms with E-state index in [1.165, 1.54) is 0 Å². The Bertz CT molecular complexity index is 416. The average Bonchev–Trinajstić information content (AvgIpc) is 2.43. The molecule has 5 heteroatoms. The van der Waals surface area contributed by atoms with E-state index in [2.05, 4.69) is 0 Å². The van der Waals surface area contributed by atoms with Crippen LogP contribution in [0.25, 0.3) is 0 Å². The third kappa shape index (κ3) is 3.21. The number of benzene rings is 1. The van der Waals surface area contributed by atoms with Crippen molar-refractivity contribution in [2.75, 3.05) is 40.1 Å². The van der Waals surface area contributed by atoms with Gasteiger partial charge in [-0.15, -0.1) is 0 Å². The van der Waals surface area contributed by atoms with Gasteiger partial charge in [0.05, 0.1) is 13.2 Å². The van der Waals surface area contributed by atoms with Crippen molar-refractivity contribution in [1.29, 1.82) is 0 Å². The van der Waals surface area contributed by atoms with Gasteiger partial charge >= 0.3 is 0 Å². The quantitative estimate of drug-likeness (QED) is 0.564. The fraction of sp³-hybridized carbons (Fsp3) is 0.462. The lowest BCUT2D eigenvalue weighted by Crippen LogP contribution is -2.17. The van der Waals surface area contributed by atoms with Gasteiger partial charge in [0.25, 0.3) is 0 Å². The minimum atomic E-state index is -0.0805. The van der Waals surface area contributed by atoms with Crippen LogP contribution < -0.4 is 9.47 Å². The van der Waals surface area contributed by atoms with E-state index in [-0.39, 0.29) is 12.4 Å². The van der Waals surface area contributed by atoms with Gasteiger partial charge in [0.1, 0.15) is 19.8 Å². The van der Waals surface area contributed by atoms with Crippen LogP contribution in [0.15, 0.2) is 18.2 Å². The number of carbonyl (C=O) groups excluding carboxylic acids is 1. The Morgan fingerprint density at radius 2 is 2.00 bits per heavy atom. The van der Waals surface area contributed by atoms with Gasteiger partial charge in [-0.25, -0.2) is 0 Å². The molecule has 1 aromatic rings. The normalized spacial score (nSPS) is 13.4. The number of carbonyl (C=O) groups is 1. The summed E-state index contributed by atoms with van der Waals surface area (Å²) in [5.41, 5.74) is 0.566. The first-order valence-corrected chi connectivity index (χ1v) is 5.81. The Labute approximate surface area is 106 Å². The van der Waals surface area contributed by atoms with Gasteiger partial charge < -0.3 is 18.9 Å². The molecular formula is C13H16O5. The number of hydrogen-bond acceptors (Lipinski definition) is 5. The molecule has 0 atom stereocenters. The maximum absolute atomic E-state index is 11.8. The summed E-state index contributed by atoms with van der Waals surface area (Å²) < 4.78 is 20.8. The summed E-state index contributed by atoms with van der Waals surface area (Å²) in [6.07, 6.45) is 0. The van der Waals surface area contributed by atoms with Gasteiger partial charge in [-0.05, 0) is 18.2 Å². The molecule has 98 valence electrons. The third-order valence-electron chi connectivity index (χ3n) is 2.53. The number of ether oxygens (including phenoxy) is 4. The molecule has 0 aliphatic carbocycles. The molecule has 0 saturated heterocycles. The highest BCUT2D eigenvalue weighted by atomic mass is 16.6. The maximum Gasteiger partial charge on any atom is 0.188 e. The molecule has 5 nitrogen and oxygen atoms in total. The van der Waals surface area contributed by atoms with Crippen molar-refractivity contribution in [3.05, 3.63) is 23.8 Å². The Hall–Kier alpha value is -1.59. The fourth-order valence-corrected chi connectivity index (χ4v) is 1.61. The number of hydrogen-bond donors (Lipinski definition) is 0. The van der Waals surface area contributed by atoms with E-state index in [1.54, 1.807) is 25.3 Å². The van der Waals surface area contributed by atoms with Crippen LogP contribution >= 0.6 is 0 Å². The summed E-state index contributed by atoms with van der Waals surface area (Å²) in [6.45, 7) is 1.99. The van der Waals surface area contributed by atoms with Crippen molar-refractivity contribution in [3.8, 4) is 11.5 Å². The zero-order valence-electron chi connectivity index (χ0n) is 10.3. The standard InChI is InChI=1S/C13H16O5/c1-15-4-5-16-9-11(14)10-2-3-12-13(8-10)18-7-6-17-12/h2-3,8H,4-7,9H2,1H3. The number of rotatable bonds is 6. The largest absolute Gasteiger partial charge is 0.486 e. The van der Waals surface area contributed by atoms with Crippen LogP contribution in [-0.4, -0.2) is 45.9 Å². The lowest BCUT2D eigenvalue weighted by molar-refractivity contribution is 0.0576. The monoisotopic (exact) mass is 252 g/mol. The second-order valence-electron chi connectivity index (χ2n) is 3.83. The second kappa shape index (κ2) is 6.37. The van der Waals surface area contributed by atoms with E-state index in [9.17, 15) is 4.79 Å². The molecule has 0 unspecified atom stereocenters. The SMILES string of the molecule is COCCOCC(=O)c1ccc2c(c1)OCCO2. The zero-order valence-corrected chi connectivity index (χ0v) is 10.3. The zero-order chi connectivity index (χ0) is 12.8. The number of ketones is 1. The van der Waals surface area contributed by atoms with E-state index in [0.29, 0.717) is 43.5 Å². The summed E-state index contributed by atoms with van der Waals surface area (Å²) in [4.78, 5) is 11.8. The van der Waals surface area contributed by atoms with Crippen LogP contribution in [0.2, 0.25) is 0 Å². The predicted octanol–water partition coefficient (Wildman–Crippen LogP) is 1.30. The predicted molar refractivity (Wildman–Crippen MR) is 64.5 cm³/mol. The summed E-state index contributed by atoms with van der Waals surface area (Å²) >= 11 is 0. The van der Waals surface area contributed by atoms with E-state index >= 15 is 0 Å². The molecule has 0 N–H and O–H groups in total. The number of fused-ring (bicyclic) bond motifs is 1. The second-order valence-corrected chi connectivity index (χ2v) is 3.83. The summed E-state index contributed by atoms with van der Waals surface area (Å²) in [5, 5.41) is 0. The van der Waals surface area contributed by atoms with Gasteiger partial charge in [-0.1, -0.05) is 0 Å². The van der Waals surface area contributed by atoms with Gasteiger partial charge in [0, 0.05) is 12.7 Å². The average molecular weight is 252 g/mol. The van der Waals surface area contributed by atoms with Crippen LogP contribution in [0.5, 0.6) is 11.5 Å². The lowest BCUT2D eigenvalue weighted by atomic mass is 10.1. The highest BCUT2D eigenvalue weighted by Crippen LogP contribution is 2.30. The molecule has 1 heterocycles. The van der Waals surface area contributed by atoms with Crippen LogP contribution in [0.1, 0.15) is 10.4 Å². The first kappa shape index (κ1) is 12.9. The van der Waals surface area contributed by atoms with Crippen molar-refractivity contribution < 1.29 is 23.7 Å². The Morgan fingerprint density at radius 1 is 1.22 bits per heavy atom. The van der Waals surface area contributed by atoms with Crippen LogP contribution in [0, 0.1) is 0 Å². The van der Waals surface area contributed by atoms with Gasteiger partial charge in [-0.2, -0.15) is 0 Å². The van der Waals surface area contributed by atoms with Crippen LogP contribution in [-0.2, 0) is 9.47 Å². The molecular weight excluding hydrogens is 236 g/mol. The minimum absolute atomic E-state index is 0.0446. The van der Waals surface area contributed by atoms with Crippen molar-refractivity contribution in [3.63, 3.8) is 0 Å². The maximum atomic E-state index is 11.8. The highest BCUT2D eigenvalue weighted by Gasteiger charge is 2.14. The molecule has 0 aromatic heterocycles. The molecule has 0 saturated carbocycles. The molecule has 1 aliphatic heterocycles. The van der Waals surface area contributed by atoms with Crippen molar-refractivity contribution in [2.45, 2.75) is 0 Å².